The first-order valence-corrected chi connectivity index (χ1v) is 8.32. The van der Waals surface area contributed by atoms with Gasteiger partial charge in [-0.15, -0.1) is 0 Å². The van der Waals surface area contributed by atoms with Crippen molar-refractivity contribution in [3.63, 3.8) is 0 Å². The Kier molecular flexibility index (Phi) is 6.80. The van der Waals surface area contributed by atoms with Crippen molar-refractivity contribution in [3.05, 3.63) is 63.7 Å². The minimum absolute atomic E-state index is 0.0301. The Morgan fingerprint density at radius 2 is 1.86 bits per heavy atom. The molecule has 2 aromatic carbocycles. The molecule has 2 amide bonds. The lowest BCUT2D eigenvalue weighted by atomic mass is 10.2. The van der Waals surface area contributed by atoms with Crippen molar-refractivity contribution in [2.45, 2.75) is 20.3 Å². The molecule has 2 aromatic rings. The first-order chi connectivity index (χ1) is 13.3. The molecule has 0 atom stereocenters. The molecule has 9 heteroatoms. The molecule has 0 radical (unpaired) electrons. The number of hydrazone groups is 1. The molecule has 0 saturated carbocycles. The van der Waals surface area contributed by atoms with E-state index in [-0.39, 0.29) is 23.6 Å². The van der Waals surface area contributed by atoms with Gasteiger partial charge in [-0.1, -0.05) is 6.07 Å². The van der Waals surface area contributed by atoms with Crippen molar-refractivity contribution in [2.75, 3.05) is 12.4 Å². The average molecular weight is 384 g/mol. The van der Waals surface area contributed by atoms with Gasteiger partial charge >= 0.3 is 0 Å². The molecule has 0 unspecified atom stereocenters. The summed E-state index contributed by atoms with van der Waals surface area (Å²) in [6.45, 7) is 3.50. The maximum Gasteiger partial charge on any atom is 0.271 e. The van der Waals surface area contributed by atoms with Crippen molar-refractivity contribution in [1.29, 1.82) is 0 Å². The average Bonchev–Trinajstić information content (AvgIpc) is 2.66. The molecule has 0 bridgehead atoms. The van der Waals surface area contributed by atoms with Gasteiger partial charge in [-0.05, 0) is 43.7 Å². The summed E-state index contributed by atoms with van der Waals surface area (Å²) in [5.41, 5.74) is 4.34. The first kappa shape index (κ1) is 20.6. The van der Waals surface area contributed by atoms with Gasteiger partial charge in [-0.25, -0.2) is 5.43 Å². The third-order valence-corrected chi connectivity index (χ3v) is 3.73. The van der Waals surface area contributed by atoms with Crippen LogP contribution >= 0.6 is 0 Å². The van der Waals surface area contributed by atoms with E-state index in [0.717, 1.165) is 5.56 Å². The zero-order valence-electron chi connectivity index (χ0n) is 15.7. The number of nitro groups is 1. The number of rotatable bonds is 7. The highest BCUT2D eigenvalue weighted by atomic mass is 16.6. The number of carbonyl (C=O) groups excluding carboxylic acids is 2. The lowest BCUT2D eigenvalue weighted by molar-refractivity contribution is -0.384. The quantitative estimate of drug-likeness (QED) is 0.431. The standard InChI is InChI=1S/C19H20N4O5/c1-12-4-9-17(28-3)16(10-12)20-18(24)11-13(2)21-22-19(25)14-5-7-15(8-6-14)23(26)27/h4-10H,11H2,1-3H3,(H,20,24)(H,22,25). The van der Waals surface area contributed by atoms with E-state index in [1.54, 1.807) is 19.1 Å². The molecule has 9 nitrogen and oxygen atoms in total. The van der Waals surface area contributed by atoms with Crippen LogP contribution in [0.3, 0.4) is 0 Å². The van der Waals surface area contributed by atoms with Crippen molar-refractivity contribution in [3.8, 4) is 5.75 Å². The Morgan fingerprint density at radius 1 is 1.18 bits per heavy atom. The van der Waals surface area contributed by atoms with E-state index in [0.29, 0.717) is 17.1 Å². The zero-order chi connectivity index (χ0) is 20.7. The molecular formula is C19H20N4O5. The highest BCUT2D eigenvalue weighted by Crippen LogP contribution is 2.25. The minimum atomic E-state index is -0.550. The van der Waals surface area contributed by atoms with E-state index in [2.05, 4.69) is 15.8 Å². The van der Waals surface area contributed by atoms with Crippen molar-refractivity contribution < 1.29 is 19.2 Å². The number of benzene rings is 2. The molecule has 0 aliphatic heterocycles. The van der Waals surface area contributed by atoms with Gasteiger partial charge in [0.25, 0.3) is 11.6 Å². The topological polar surface area (TPSA) is 123 Å². The van der Waals surface area contributed by atoms with Crippen molar-refractivity contribution in [2.24, 2.45) is 5.10 Å². The number of methoxy groups -OCH3 is 1. The fourth-order valence-corrected chi connectivity index (χ4v) is 2.33. The molecule has 0 fully saturated rings. The van der Waals surface area contributed by atoms with Gasteiger partial charge in [0, 0.05) is 23.4 Å². The molecule has 0 aliphatic rings. The number of hydrogen-bond acceptors (Lipinski definition) is 6. The summed E-state index contributed by atoms with van der Waals surface area (Å²) in [4.78, 5) is 34.3. The molecule has 0 aliphatic carbocycles. The van der Waals surface area contributed by atoms with E-state index < -0.39 is 10.8 Å². The normalized spacial score (nSPS) is 10.9. The lowest BCUT2D eigenvalue weighted by Crippen LogP contribution is -2.21. The third-order valence-electron chi connectivity index (χ3n) is 3.73. The molecule has 0 saturated heterocycles. The maximum atomic E-state index is 12.2. The van der Waals surface area contributed by atoms with Crippen LogP contribution in [0, 0.1) is 17.0 Å². The summed E-state index contributed by atoms with van der Waals surface area (Å²) in [6, 6.07) is 10.5. The number of amides is 2. The summed E-state index contributed by atoms with van der Waals surface area (Å²) in [5, 5.41) is 17.3. The Balaban J connectivity index is 1.94. The van der Waals surface area contributed by atoms with Gasteiger partial charge in [0.2, 0.25) is 5.91 Å². The van der Waals surface area contributed by atoms with Crippen LogP contribution in [0.4, 0.5) is 11.4 Å². The molecule has 2 rings (SSSR count). The number of nitrogens with one attached hydrogen (secondary N) is 2. The van der Waals surface area contributed by atoms with Crippen LogP contribution in [0.1, 0.15) is 29.3 Å². The zero-order valence-corrected chi connectivity index (χ0v) is 15.7. The number of aryl methyl sites for hydroxylation is 1. The number of non-ortho nitro benzene ring substituents is 1. The SMILES string of the molecule is COc1ccc(C)cc1NC(=O)CC(C)=NNC(=O)c1ccc([N+](=O)[O-])cc1. The van der Waals surface area contributed by atoms with E-state index in [1.165, 1.54) is 31.4 Å². The van der Waals surface area contributed by atoms with Crippen LogP contribution in [-0.2, 0) is 4.79 Å². The third kappa shape index (κ3) is 5.63. The number of hydrogen-bond donors (Lipinski definition) is 2. The molecule has 0 heterocycles. The molecule has 2 N–H and O–H groups in total. The molecular weight excluding hydrogens is 364 g/mol. The highest BCUT2D eigenvalue weighted by molar-refractivity contribution is 6.06. The van der Waals surface area contributed by atoms with Crippen molar-refractivity contribution in [1.82, 2.24) is 5.43 Å². The van der Waals surface area contributed by atoms with E-state index in [1.807, 2.05) is 13.0 Å². The van der Waals surface area contributed by atoms with Crippen LogP contribution in [0.25, 0.3) is 0 Å². The fraction of sp³-hybridized carbons (Fsp3) is 0.211. The predicted molar refractivity (Wildman–Crippen MR) is 105 cm³/mol. The first-order valence-electron chi connectivity index (χ1n) is 8.32. The predicted octanol–water partition coefficient (Wildman–Crippen LogP) is 3.05. The van der Waals surface area contributed by atoms with Crippen molar-refractivity contribution >= 4 is 28.9 Å². The largest absolute Gasteiger partial charge is 0.495 e. The van der Waals surface area contributed by atoms with Crippen LogP contribution in [0.5, 0.6) is 5.75 Å². The number of carbonyl (C=O) groups is 2. The summed E-state index contributed by atoms with van der Waals surface area (Å²) < 4.78 is 5.21. The number of nitrogens with zero attached hydrogens (tertiary/aromatic N) is 2. The smallest absolute Gasteiger partial charge is 0.271 e. The Labute approximate surface area is 161 Å². The van der Waals surface area contributed by atoms with Gasteiger partial charge in [0.05, 0.1) is 24.1 Å². The van der Waals surface area contributed by atoms with Gasteiger partial charge in [-0.2, -0.15) is 5.10 Å². The monoisotopic (exact) mass is 384 g/mol. The fourth-order valence-electron chi connectivity index (χ4n) is 2.33. The Bertz CT molecular complexity index is 922. The highest BCUT2D eigenvalue weighted by Gasteiger charge is 2.11. The molecule has 0 aromatic heterocycles. The van der Waals surface area contributed by atoms with Gasteiger partial charge in [0.1, 0.15) is 5.75 Å². The summed E-state index contributed by atoms with van der Waals surface area (Å²) >= 11 is 0. The van der Waals surface area contributed by atoms with Gasteiger partial charge < -0.3 is 10.1 Å². The van der Waals surface area contributed by atoms with E-state index in [9.17, 15) is 19.7 Å². The molecule has 146 valence electrons. The minimum Gasteiger partial charge on any atom is -0.495 e. The van der Waals surface area contributed by atoms with E-state index >= 15 is 0 Å². The maximum absolute atomic E-state index is 12.2. The molecule has 28 heavy (non-hydrogen) atoms. The summed E-state index contributed by atoms with van der Waals surface area (Å²) in [5.74, 6) is -0.301. The van der Waals surface area contributed by atoms with Crippen LogP contribution in [-0.4, -0.2) is 29.6 Å². The van der Waals surface area contributed by atoms with Crippen LogP contribution < -0.4 is 15.5 Å². The second-order valence-electron chi connectivity index (χ2n) is 6.02. The Hall–Kier alpha value is -3.75. The second-order valence-corrected chi connectivity index (χ2v) is 6.02. The second kappa shape index (κ2) is 9.26. The summed E-state index contributed by atoms with van der Waals surface area (Å²) in [7, 11) is 1.51. The number of anilines is 1. The molecule has 0 spiro atoms. The van der Waals surface area contributed by atoms with Crippen LogP contribution in [0.2, 0.25) is 0 Å². The summed E-state index contributed by atoms with van der Waals surface area (Å²) in [6.07, 6.45) is -0.0301. The van der Waals surface area contributed by atoms with Gasteiger partial charge in [0.15, 0.2) is 0 Å². The Morgan fingerprint density at radius 3 is 2.46 bits per heavy atom. The van der Waals surface area contributed by atoms with Gasteiger partial charge in [-0.3, -0.25) is 19.7 Å². The van der Waals surface area contributed by atoms with Crippen LogP contribution in [0.15, 0.2) is 47.6 Å². The lowest BCUT2D eigenvalue weighted by Gasteiger charge is -2.11. The van der Waals surface area contributed by atoms with E-state index in [4.69, 9.17) is 4.74 Å². The number of nitro benzene ring substituents is 1. The number of ether oxygens (including phenoxy) is 1.